The Morgan fingerprint density at radius 1 is 1.03 bits per heavy atom. The standard InChI is InChI=1S/C24H27N3O3/c1-16(24(29)30-4)23(19-11-7-5-8-12-19)25-22(28)15-21-17(2)26-27(18(21)3)20-13-9-6-10-14-20/h5-14,16,23H,15H2,1-4H3,(H,25,28)/t16-,23+/m0/s1. The third kappa shape index (κ3) is 4.59. The van der Waals surface area contributed by atoms with Gasteiger partial charge in [-0.3, -0.25) is 9.59 Å². The topological polar surface area (TPSA) is 73.2 Å². The van der Waals surface area contributed by atoms with Gasteiger partial charge in [0.15, 0.2) is 0 Å². The molecule has 0 saturated carbocycles. The van der Waals surface area contributed by atoms with E-state index in [1.165, 1.54) is 7.11 Å². The number of carbonyl (C=O) groups is 2. The van der Waals surface area contributed by atoms with Crippen molar-refractivity contribution in [3.8, 4) is 5.69 Å². The Morgan fingerprint density at radius 3 is 2.23 bits per heavy atom. The van der Waals surface area contributed by atoms with Crippen LogP contribution in [0.1, 0.15) is 35.5 Å². The third-order valence-electron chi connectivity index (χ3n) is 5.33. The summed E-state index contributed by atoms with van der Waals surface area (Å²) in [6.07, 6.45) is 0.182. The van der Waals surface area contributed by atoms with E-state index < -0.39 is 12.0 Å². The number of nitrogens with zero attached hydrogens (tertiary/aromatic N) is 2. The van der Waals surface area contributed by atoms with Crippen LogP contribution in [0.5, 0.6) is 0 Å². The van der Waals surface area contributed by atoms with Gasteiger partial charge in [-0.2, -0.15) is 5.10 Å². The van der Waals surface area contributed by atoms with Crippen LogP contribution in [-0.2, 0) is 20.7 Å². The van der Waals surface area contributed by atoms with Crippen LogP contribution in [-0.4, -0.2) is 28.8 Å². The Balaban J connectivity index is 1.82. The molecule has 1 aromatic heterocycles. The zero-order valence-electron chi connectivity index (χ0n) is 17.8. The molecule has 0 bridgehead atoms. The molecule has 0 spiro atoms. The normalized spacial score (nSPS) is 12.8. The first-order valence-electron chi connectivity index (χ1n) is 9.95. The predicted octanol–water partition coefficient (Wildman–Crippen LogP) is 3.70. The fourth-order valence-corrected chi connectivity index (χ4v) is 3.62. The minimum absolute atomic E-state index is 0.168. The fourth-order valence-electron chi connectivity index (χ4n) is 3.62. The molecule has 6 nitrogen and oxygen atoms in total. The lowest BCUT2D eigenvalue weighted by Crippen LogP contribution is -2.37. The van der Waals surface area contributed by atoms with E-state index in [2.05, 4.69) is 10.4 Å². The summed E-state index contributed by atoms with van der Waals surface area (Å²) < 4.78 is 6.75. The number of para-hydroxylation sites is 1. The number of hydrogen-bond acceptors (Lipinski definition) is 4. The van der Waals surface area contributed by atoms with Crippen molar-refractivity contribution < 1.29 is 14.3 Å². The van der Waals surface area contributed by atoms with Crippen LogP contribution in [0.2, 0.25) is 0 Å². The lowest BCUT2D eigenvalue weighted by atomic mass is 9.94. The van der Waals surface area contributed by atoms with E-state index in [9.17, 15) is 9.59 Å². The van der Waals surface area contributed by atoms with Crippen molar-refractivity contribution in [1.82, 2.24) is 15.1 Å². The summed E-state index contributed by atoms with van der Waals surface area (Å²) in [6, 6.07) is 18.8. The number of hydrogen-bond donors (Lipinski definition) is 1. The molecule has 2 atom stereocenters. The monoisotopic (exact) mass is 405 g/mol. The number of aromatic nitrogens is 2. The SMILES string of the molecule is COC(=O)[C@@H](C)[C@@H](NC(=O)Cc1c(C)nn(-c2ccccc2)c1C)c1ccccc1. The van der Waals surface area contributed by atoms with Crippen molar-refractivity contribution in [3.05, 3.63) is 83.2 Å². The molecule has 0 fully saturated rings. The van der Waals surface area contributed by atoms with Crippen molar-refractivity contribution >= 4 is 11.9 Å². The predicted molar refractivity (Wildman–Crippen MR) is 115 cm³/mol. The summed E-state index contributed by atoms with van der Waals surface area (Å²) in [5, 5.41) is 7.63. The number of methoxy groups -OCH3 is 1. The van der Waals surface area contributed by atoms with Gasteiger partial charge in [-0.25, -0.2) is 4.68 Å². The molecular formula is C24H27N3O3. The molecule has 0 unspecified atom stereocenters. The van der Waals surface area contributed by atoms with Gasteiger partial charge >= 0.3 is 5.97 Å². The van der Waals surface area contributed by atoms with Crippen LogP contribution in [0, 0.1) is 19.8 Å². The zero-order valence-corrected chi connectivity index (χ0v) is 17.8. The lowest BCUT2D eigenvalue weighted by Gasteiger charge is -2.24. The van der Waals surface area contributed by atoms with Crippen LogP contribution in [0.25, 0.3) is 5.69 Å². The van der Waals surface area contributed by atoms with Crippen LogP contribution in [0.3, 0.4) is 0 Å². The molecule has 3 aromatic rings. The summed E-state index contributed by atoms with van der Waals surface area (Å²) in [6.45, 7) is 5.62. The van der Waals surface area contributed by atoms with Gasteiger partial charge in [0.1, 0.15) is 0 Å². The second-order valence-corrected chi connectivity index (χ2v) is 7.34. The maximum atomic E-state index is 13.0. The number of aryl methyl sites for hydroxylation is 1. The van der Waals surface area contributed by atoms with Gasteiger partial charge < -0.3 is 10.1 Å². The molecule has 2 aromatic carbocycles. The summed E-state index contributed by atoms with van der Waals surface area (Å²) in [5.74, 6) is -1.05. The molecule has 0 aliphatic heterocycles. The average Bonchev–Trinajstić information content (AvgIpc) is 3.06. The fraction of sp³-hybridized carbons (Fsp3) is 0.292. The second-order valence-electron chi connectivity index (χ2n) is 7.34. The van der Waals surface area contributed by atoms with Gasteiger partial charge in [-0.1, -0.05) is 48.5 Å². The van der Waals surface area contributed by atoms with E-state index in [1.54, 1.807) is 6.92 Å². The Bertz CT molecular complexity index is 1010. The van der Waals surface area contributed by atoms with Gasteiger partial charge in [0, 0.05) is 11.3 Å². The molecule has 0 radical (unpaired) electrons. The van der Waals surface area contributed by atoms with E-state index in [1.807, 2.05) is 79.2 Å². The van der Waals surface area contributed by atoms with Gasteiger partial charge in [-0.15, -0.1) is 0 Å². The Labute approximate surface area is 176 Å². The van der Waals surface area contributed by atoms with Crippen molar-refractivity contribution in [3.63, 3.8) is 0 Å². The summed E-state index contributed by atoms with van der Waals surface area (Å²) in [4.78, 5) is 25.1. The molecule has 1 heterocycles. The van der Waals surface area contributed by atoms with E-state index in [0.29, 0.717) is 0 Å². The summed E-state index contributed by atoms with van der Waals surface area (Å²) in [5.41, 5.74) is 4.42. The molecule has 0 aliphatic rings. The molecule has 0 aliphatic carbocycles. The maximum Gasteiger partial charge on any atom is 0.310 e. The van der Waals surface area contributed by atoms with Crippen molar-refractivity contribution in [2.75, 3.05) is 7.11 Å². The first-order valence-corrected chi connectivity index (χ1v) is 9.95. The van der Waals surface area contributed by atoms with Crippen LogP contribution in [0.4, 0.5) is 0 Å². The van der Waals surface area contributed by atoms with Crippen molar-refractivity contribution in [2.45, 2.75) is 33.2 Å². The Morgan fingerprint density at radius 2 is 1.63 bits per heavy atom. The van der Waals surface area contributed by atoms with E-state index in [0.717, 1.165) is 28.2 Å². The highest BCUT2D eigenvalue weighted by Gasteiger charge is 2.28. The maximum absolute atomic E-state index is 13.0. The zero-order chi connectivity index (χ0) is 21.7. The van der Waals surface area contributed by atoms with Crippen LogP contribution >= 0.6 is 0 Å². The number of benzene rings is 2. The smallest absolute Gasteiger partial charge is 0.310 e. The summed E-state index contributed by atoms with van der Waals surface area (Å²) in [7, 11) is 1.35. The lowest BCUT2D eigenvalue weighted by molar-refractivity contribution is -0.146. The molecule has 156 valence electrons. The molecule has 0 saturated heterocycles. The van der Waals surface area contributed by atoms with Gasteiger partial charge in [0.2, 0.25) is 5.91 Å². The van der Waals surface area contributed by atoms with Crippen LogP contribution < -0.4 is 5.32 Å². The highest BCUT2D eigenvalue weighted by molar-refractivity contribution is 5.81. The van der Waals surface area contributed by atoms with E-state index in [-0.39, 0.29) is 18.3 Å². The molecule has 6 heteroatoms. The van der Waals surface area contributed by atoms with Crippen LogP contribution in [0.15, 0.2) is 60.7 Å². The largest absolute Gasteiger partial charge is 0.469 e. The van der Waals surface area contributed by atoms with Crippen molar-refractivity contribution in [1.29, 1.82) is 0 Å². The first-order chi connectivity index (χ1) is 14.4. The number of ether oxygens (including phenoxy) is 1. The Hall–Kier alpha value is -3.41. The minimum atomic E-state index is -0.518. The van der Waals surface area contributed by atoms with E-state index >= 15 is 0 Å². The highest BCUT2D eigenvalue weighted by atomic mass is 16.5. The van der Waals surface area contributed by atoms with Gasteiger partial charge in [0.05, 0.1) is 36.9 Å². The highest BCUT2D eigenvalue weighted by Crippen LogP contribution is 2.24. The minimum Gasteiger partial charge on any atom is -0.469 e. The molecule has 3 rings (SSSR count). The molecule has 30 heavy (non-hydrogen) atoms. The summed E-state index contributed by atoms with van der Waals surface area (Å²) >= 11 is 0. The molecular weight excluding hydrogens is 378 g/mol. The van der Waals surface area contributed by atoms with Gasteiger partial charge in [-0.05, 0) is 38.5 Å². The van der Waals surface area contributed by atoms with Gasteiger partial charge in [0.25, 0.3) is 0 Å². The second kappa shape index (κ2) is 9.39. The van der Waals surface area contributed by atoms with Crippen molar-refractivity contribution in [2.24, 2.45) is 5.92 Å². The first kappa shape index (κ1) is 21.3. The molecule has 1 N–H and O–H groups in total. The molecule has 1 amide bonds. The number of esters is 1. The van der Waals surface area contributed by atoms with E-state index in [4.69, 9.17) is 4.74 Å². The Kier molecular flexibility index (Phi) is 6.67. The number of carbonyl (C=O) groups excluding carboxylic acids is 2. The number of amides is 1. The average molecular weight is 405 g/mol. The number of rotatable bonds is 7. The third-order valence-corrected chi connectivity index (χ3v) is 5.33. The quantitative estimate of drug-likeness (QED) is 0.609. The number of nitrogens with one attached hydrogen (secondary N) is 1.